The molecule has 4 fully saturated rings. The average molecular weight is 625 g/mol. The van der Waals surface area contributed by atoms with Crippen LogP contribution in [-0.4, -0.2) is 101 Å². The van der Waals surface area contributed by atoms with Crippen LogP contribution in [0.4, 0.5) is 0 Å². The lowest BCUT2D eigenvalue weighted by molar-refractivity contribution is -0.129. The van der Waals surface area contributed by atoms with Crippen LogP contribution in [-0.2, 0) is 14.3 Å². The zero-order chi connectivity index (χ0) is 30.5. The van der Waals surface area contributed by atoms with Gasteiger partial charge in [0.1, 0.15) is 0 Å². The number of methoxy groups -OCH3 is 1. The molecular formula is C31H53ClN6O5. The van der Waals surface area contributed by atoms with E-state index in [0.29, 0.717) is 56.7 Å². The quantitative estimate of drug-likeness (QED) is 0.159. The molecule has 6 N–H and O–H groups in total. The van der Waals surface area contributed by atoms with Gasteiger partial charge in [-0.3, -0.25) is 19.5 Å². The molecule has 5 rings (SSSR count). The number of unbranched alkanes of at least 4 members (excludes halogenated alkanes) is 1. The molecule has 244 valence electrons. The van der Waals surface area contributed by atoms with Crippen LogP contribution in [0.3, 0.4) is 0 Å². The molecule has 2 heterocycles. The number of hydrogen-bond acceptors (Lipinski definition) is 9. The molecule has 0 radical (unpaired) electrons. The molecule has 0 aromatic heterocycles. The predicted molar refractivity (Wildman–Crippen MR) is 165 cm³/mol. The Hall–Kier alpha value is -1.34. The van der Waals surface area contributed by atoms with Gasteiger partial charge in [0.25, 0.3) is 0 Å². The lowest BCUT2D eigenvalue weighted by Gasteiger charge is -2.44. The van der Waals surface area contributed by atoms with Gasteiger partial charge in [0.15, 0.2) is 0 Å². The Morgan fingerprint density at radius 1 is 0.977 bits per heavy atom. The third-order valence-electron chi connectivity index (χ3n) is 10.6. The summed E-state index contributed by atoms with van der Waals surface area (Å²) in [6.45, 7) is 3.26. The zero-order valence-electron chi connectivity index (χ0n) is 25.8. The molecule has 12 heteroatoms. The maximum Gasteiger partial charge on any atom is 0.223 e. The molecule has 11 nitrogen and oxygen atoms in total. The van der Waals surface area contributed by atoms with Gasteiger partial charge in [0.05, 0.1) is 43.1 Å². The number of halogens is 1. The van der Waals surface area contributed by atoms with E-state index in [-0.39, 0.29) is 47.6 Å². The molecule has 9 atom stereocenters. The largest absolute Gasteiger partial charge is 0.390 e. The zero-order valence-corrected chi connectivity index (χ0v) is 26.6. The number of aliphatic hydroxyl groups is 2. The van der Waals surface area contributed by atoms with Gasteiger partial charge in [-0.05, 0) is 89.9 Å². The molecule has 5 aliphatic rings. The molecule has 43 heavy (non-hydrogen) atoms. The predicted octanol–water partition coefficient (Wildman–Crippen LogP) is 1.80. The first-order valence-electron chi connectivity index (χ1n) is 16.7. The van der Waals surface area contributed by atoms with E-state index in [1.807, 2.05) is 7.11 Å². The number of nitrogens with zero attached hydrogens (tertiary/aromatic N) is 2. The smallest absolute Gasteiger partial charge is 0.223 e. The Morgan fingerprint density at radius 2 is 1.72 bits per heavy atom. The van der Waals surface area contributed by atoms with Crippen LogP contribution in [0.15, 0.2) is 4.99 Å². The van der Waals surface area contributed by atoms with Crippen LogP contribution in [0, 0.1) is 17.8 Å². The monoisotopic (exact) mass is 624 g/mol. The molecular weight excluding hydrogens is 572 g/mol. The summed E-state index contributed by atoms with van der Waals surface area (Å²) in [7, 11) is 1.82. The second-order valence-electron chi connectivity index (χ2n) is 13.5. The first kappa shape index (κ1) is 33.0. The van der Waals surface area contributed by atoms with Crippen molar-refractivity contribution in [2.45, 2.75) is 138 Å². The number of carbonyl (C=O) groups excluding carboxylic acids is 2. The van der Waals surface area contributed by atoms with Gasteiger partial charge < -0.3 is 25.6 Å². The number of rotatable bonds is 10. The number of aliphatic imine (C=N–C) groups is 1. The number of aliphatic hydroxyl groups excluding tert-OH is 2. The molecule has 2 amide bonds. The summed E-state index contributed by atoms with van der Waals surface area (Å²) < 4.78 is 5.86. The molecule has 0 aromatic rings. The van der Waals surface area contributed by atoms with Crippen LogP contribution >= 0.6 is 11.6 Å². The third kappa shape index (κ3) is 8.09. The number of amides is 2. The van der Waals surface area contributed by atoms with Crippen molar-refractivity contribution in [3.05, 3.63) is 0 Å². The van der Waals surface area contributed by atoms with E-state index >= 15 is 0 Å². The molecule has 3 saturated carbocycles. The number of ether oxygens (including phenoxy) is 1. The summed E-state index contributed by atoms with van der Waals surface area (Å²) in [5, 5.41) is 25.8. The number of alkyl halides is 1. The van der Waals surface area contributed by atoms with E-state index in [1.54, 1.807) is 0 Å². The highest BCUT2D eigenvalue weighted by Crippen LogP contribution is 2.42. The number of nitrogens with one attached hydrogen (secondary N) is 4. The highest BCUT2D eigenvalue weighted by Gasteiger charge is 2.50. The van der Waals surface area contributed by atoms with E-state index in [4.69, 9.17) is 21.3 Å². The van der Waals surface area contributed by atoms with E-state index in [1.165, 1.54) is 5.71 Å². The molecule has 0 aromatic carbocycles. The summed E-state index contributed by atoms with van der Waals surface area (Å²) in [5.41, 5.74) is 8.19. The Bertz CT molecular complexity index is 980. The fourth-order valence-corrected chi connectivity index (χ4v) is 8.38. The van der Waals surface area contributed by atoms with Crippen molar-refractivity contribution < 1.29 is 24.5 Å². The molecule has 3 aliphatic carbocycles. The Morgan fingerprint density at radius 3 is 2.44 bits per heavy atom. The lowest BCUT2D eigenvalue weighted by Crippen LogP contribution is -2.55. The number of hydrazine groups is 1. The van der Waals surface area contributed by atoms with Crippen molar-refractivity contribution in [2.24, 2.45) is 22.7 Å². The lowest BCUT2D eigenvalue weighted by atomic mass is 9.72. The fraction of sp³-hybridized carbons (Fsp3) is 0.903. The molecule has 2 aliphatic heterocycles. The number of fused-ring (bicyclic) bond motifs is 3. The van der Waals surface area contributed by atoms with Gasteiger partial charge in [-0.1, -0.05) is 0 Å². The molecule has 1 saturated heterocycles. The van der Waals surface area contributed by atoms with Gasteiger partial charge in [-0.25, -0.2) is 10.9 Å². The summed E-state index contributed by atoms with van der Waals surface area (Å²) in [5.74, 6) is 0.400. The van der Waals surface area contributed by atoms with E-state index in [9.17, 15) is 19.8 Å². The Labute approximate surface area is 261 Å². The Kier molecular flexibility index (Phi) is 11.8. The fourth-order valence-electron chi connectivity index (χ4n) is 8.13. The summed E-state index contributed by atoms with van der Waals surface area (Å²) in [4.78, 5) is 33.7. The first-order chi connectivity index (χ1) is 20.7. The van der Waals surface area contributed by atoms with E-state index in [0.717, 1.165) is 57.8 Å². The maximum atomic E-state index is 13.2. The van der Waals surface area contributed by atoms with Gasteiger partial charge in [0, 0.05) is 49.2 Å². The number of hydrogen-bond donors (Lipinski definition) is 6. The SMILES string of the molecule is COC1CCC2C(C1)C(C1CCC(Cl)CC1)=N[C@@H](CC(=O)NCCCCNC(=O)C1CCC(O)C(O)C1)C1NNC(C)N21. The van der Waals surface area contributed by atoms with Gasteiger partial charge >= 0.3 is 0 Å². The van der Waals surface area contributed by atoms with Crippen molar-refractivity contribution in [3.8, 4) is 0 Å². The minimum Gasteiger partial charge on any atom is -0.390 e. The van der Waals surface area contributed by atoms with E-state index < -0.39 is 12.2 Å². The first-order valence-corrected chi connectivity index (χ1v) is 17.1. The van der Waals surface area contributed by atoms with Crippen LogP contribution in [0.1, 0.15) is 90.4 Å². The molecule has 8 unspecified atom stereocenters. The van der Waals surface area contributed by atoms with Crippen molar-refractivity contribution >= 4 is 29.1 Å². The standard InChI is InChI=1S/C31H53ClN6O5/c1-18-36-37-30-24(17-28(41)33-13-3-4-14-34-31(42)20-7-12-26(39)27(40)15-20)35-29(19-5-8-21(32)9-6-19)23-16-22(43-2)10-11-25(23)38(18)30/h18-27,30,36-37,39-40H,3-17H2,1-2H3,(H,33,41)(H,34,42)/t18?,19?,20?,21?,22?,23?,24-,25?,26?,27?,30?/m0/s1. The van der Waals surface area contributed by atoms with Crippen molar-refractivity contribution in [2.75, 3.05) is 20.2 Å². The highest BCUT2D eigenvalue weighted by atomic mass is 35.5. The average Bonchev–Trinajstić information content (AvgIpc) is 3.33. The van der Waals surface area contributed by atoms with Crippen LogP contribution < -0.4 is 21.5 Å². The Balaban J connectivity index is 1.16. The molecule has 0 spiro atoms. The van der Waals surface area contributed by atoms with Crippen LogP contribution in [0.25, 0.3) is 0 Å². The normalized spacial score (nSPS) is 40.1. The summed E-state index contributed by atoms with van der Waals surface area (Å²) >= 11 is 6.49. The third-order valence-corrected chi connectivity index (χ3v) is 11.0. The van der Waals surface area contributed by atoms with Crippen molar-refractivity contribution in [3.63, 3.8) is 0 Å². The molecule has 0 bridgehead atoms. The second-order valence-corrected chi connectivity index (χ2v) is 14.1. The van der Waals surface area contributed by atoms with Crippen molar-refractivity contribution in [1.82, 2.24) is 26.4 Å². The topological polar surface area (TPSA) is 148 Å². The summed E-state index contributed by atoms with van der Waals surface area (Å²) in [6, 6.07) is 0.156. The van der Waals surface area contributed by atoms with Crippen LogP contribution in [0.2, 0.25) is 0 Å². The summed E-state index contributed by atoms with van der Waals surface area (Å²) in [6.07, 6.45) is 9.13. The minimum atomic E-state index is -0.828. The van der Waals surface area contributed by atoms with Crippen molar-refractivity contribution in [1.29, 1.82) is 0 Å². The van der Waals surface area contributed by atoms with Gasteiger partial charge in [-0.15, -0.1) is 11.6 Å². The number of carbonyl (C=O) groups is 2. The van der Waals surface area contributed by atoms with Gasteiger partial charge in [0.2, 0.25) is 11.8 Å². The highest BCUT2D eigenvalue weighted by molar-refractivity contribution is 6.20. The second kappa shape index (κ2) is 15.3. The minimum absolute atomic E-state index is 0.00250. The van der Waals surface area contributed by atoms with Crippen LogP contribution in [0.5, 0.6) is 0 Å². The maximum absolute atomic E-state index is 13.2. The van der Waals surface area contributed by atoms with E-state index in [2.05, 4.69) is 33.3 Å². The van der Waals surface area contributed by atoms with Gasteiger partial charge in [-0.2, -0.15) is 0 Å².